The lowest BCUT2D eigenvalue weighted by atomic mass is 9.68. The summed E-state index contributed by atoms with van der Waals surface area (Å²) in [7, 11) is 0. The molecule has 3 rings (SSSR count). The number of hydrogen-bond donors (Lipinski definition) is 1. The van der Waals surface area contributed by atoms with E-state index in [2.05, 4.69) is 15.9 Å². The minimum atomic E-state index is -0.988. The molecule has 1 fully saturated rings. The van der Waals surface area contributed by atoms with Crippen molar-refractivity contribution in [2.75, 3.05) is 6.61 Å². The zero-order valence-electron chi connectivity index (χ0n) is 16.3. The van der Waals surface area contributed by atoms with Crippen molar-refractivity contribution in [2.45, 2.75) is 38.4 Å². The van der Waals surface area contributed by atoms with E-state index in [1.165, 1.54) is 0 Å². The Morgan fingerprint density at radius 1 is 1.07 bits per heavy atom. The Balaban J connectivity index is 1.87. The highest BCUT2D eigenvalue weighted by Crippen LogP contribution is 2.43. The van der Waals surface area contributed by atoms with Crippen LogP contribution in [0.4, 0.5) is 0 Å². The molecular formula is C23H25BrO5. The number of esters is 1. The average molecular weight is 461 g/mol. The van der Waals surface area contributed by atoms with Crippen molar-refractivity contribution in [3.8, 4) is 0 Å². The van der Waals surface area contributed by atoms with Crippen LogP contribution in [0.1, 0.15) is 36.8 Å². The molecule has 4 atom stereocenters. The third kappa shape index (κ3) is 5.46. The average Bonchev–Trinajstić information content (AvgIpc) is 2.73. The molecule has 0 saturated heterocycles. The van der Waals surface area contributed by atoms with E-state index in [9.17, 15) is 14.7 Å². The third-order valence-electron chi connectivity index (χ3n) is 5.41. The summed E-state index contributed by atoms with van der Waals surface area (Å²) in [5, 5.41) is 9.87. The fourth-order valence-electron chi connectivity index (χ4n) is 4.07. The molecule has 0 amide bonds. The Hall–Kier alpha value is -2.18. The fraction of sp³-hybridized carbons (Fsp3) is 0.391. The maximum atomic E-state index is 13.1. The second kappa shape index (κ2) is 10.0. The van der Waals surface area contributed by atoms with Gasteiger partial charge in [-0.2, -0.15) is 0 Å². The van der Waals surface area contributed by atoms with Crippen LogP contribution in [0, 0.1) is 11.8 Å². The summed E-state index contributed by atoms with van der Waals surface area (Å²) in [5.41, 5.74) is 1.79. The monoisotopic (exact) mass is 460 g/mol. The lowest BCUT2D eigenvalue weighted by Gasteiger charge is -2.39. The highest BCUT2D eigenvalue weighted by molar-refractivity contribution is 9.10. The number of benzene rings is 2. The van der Waals surface area contributed by atoms with Crippen LogP contribution in [0.25, 0.3) is 0 Å². The van der Waals surface area contributed by atoms with E-state index in [0.717, 1.165) is 15.6 Å². The van der Waals surface area contributed by atoms with Crippen molar-refractivity contribution in [2.24, 2.45) is 11.8 Å². The number of hydrogen-bond acceptors (Lipinski definition) is 4. The quantitative estimate of drug-likeness (QED) is 0.601. The molecule has 0 aromatic heterocycles. The number of rotatable bonds is 7. The number of carbonyl (C=O) groups excluding carboxylic acids is 1. The maximum absolute atomic E-state index is 13.1. The van der Waals surface area contributed by atoms with E-state index in [-0.39, 0.29) is 18.6 Å². The topological polar surface area (TPSA) is 72.8 Å². The summed E-state index contributed by atoms with van der Waals surface area (Å²) < 4.78 is 12.3. The predicted octanol–water partition coefficient (Wildman–Crippen LogP) is 4.79. The van der Waals surface area contributed by atoms with E-state index in [0.29, 0.717) is 19.4 Å². The van der Waals surface area contributed by atoms with Crippen LogP contribution < -0.4 is 0 Å². The van der Waals surface area contributed by atoms with Crippen LogP contribution in [-0.4, -0.2) is 29.8 Å². The standard InChI is InChI=1S/C23H25BrO5/c1-2-28-18-12-19(16-8-10-17(24)11-9-16)21(20(13-18)22(25)26)23(27)29-14-15-6-4-3-5-7-15/h3-11,18-21H,2,12-14H2,1H3,(H,25,26)/t18-,19-,20-,21-/m1/s1. The molecule has 6 heteroatoms. The number of ether oxygens (including phenoxy) is 2. The zero-order chi connectivity index (χ0) is 20.8. The van der Waals surface area contributed by atoms with E-state index in [1.54, 1.807) is 0 Å². The van der Waals surface area contributed by atoms with Gasteiger partial charge in [-0.1, -0.05) is 58.4 Å². The molecule has 5 nitrogen and oxygen atoms in total. The molecule has 29 heavy (non-hydrogen) atoms. The summed E-state index contributed by atoms with van der Waals surface area (Å²) >= 11 is 3.43. The van der Waals surface area contributed by atoms with Crippen LogP contribution in [0.5, 0.6) is 0 Å². The van der Waals surface area contributed by atoms with Crippen LogP contribution in [-0.2, 0) is 25.7 Å². The number of carbonyl (C=O) groups is 2. The van der Waals surface area contributed by atoms with Crippen LogP contribution >= 0.6 is 15.9 Å². The first-order valence-corrected chi connectivity index (χ1v) is 10.6. The molecule has 0 bridgehead atoms. The summed E-state index contributed by atoms with van der Waals surface area (Å²) in [6.45, 7) is 2.53. The zero-order valence-corrected chi connectivity index (χ0v) is 17.9. The van der Waals surface area contributed by atoms with Gasteiger partial charge in [0.25, 0.3) is 0 Å². The molecule has 1 aliphatic carbocycles. The lowest BCUT2D eigenvalue weighted by molar-refractivity contribution is -0.165. The Bertz CT molecular complexity index is 821. The second-order valence-corrected chi connectivity index (χ2v) is 8.19. The van der Waals surface area contributed by atoms with Crippen molar-refractivity contribution in [3.63, 3.8) is 0 Å². The first-order chi connectivity index (χ1) is 14.0. The summed E-state index contributed by atoms with van der Waals surface area (Å²) in [5.74, 6) is -3.34. The Kier molecular flexibility index (Phi) is 7.45. The fourth-order valence-corrected chi connectivity index (χ4v) is 4.33. The van der Waals surface area contributed by atoms with Gasteiger partial charge in [0.15, 0.2) is 0 Å². The predicted molar refractivity (Wildman–Crippen MR) is 112 cm³/mol. The molecular weight excluding hydrogens is 436 g/mol. The van der Waals surface area contributed by atoms with E-state index < -0.39 is 23.8 Å². The maximum Gasteiger partial charge on any atom is 0.310 e. The molecule has 0 radical (unpaired) electrons. The van der Waals surface area contributed by atoms with E-state index in [4.69, 9.17) is 9.47 Å². The van der Waals surface area contributed by atoms with Gasteiger partial charge in [-0.05, 0) is 43.0 Å². The molecule has 1 saturated carbocycles. The van der Waals surface area contributed by atoms with Gasteiger partial charge in [0, 0.05) is 17.0 Å². The summed E-state index contributed by atoms with van der Waals surface area (Å²) in [4.78, 5) is 25.1. The molecule has 0 aliphatic heterocycles. The first-order valence-electron chi connectivity index (χ1n) is 9.80. The SMILES string of the molecule is CCO[C@@H]1C[C@H](c2ccc(Br)cc2)[C@@H](C(=O)OCc2ccccc2)[C@H](C(=O)O)C1. The second-order valence-electron chi connectivity index (χ2n) is 7.27. The number of carboxylic acids is 1. The molecule has 2 aromatic rings. The molecule has 0 spiro atoms. The highest BCUT2D eigenvalue weighted by Gasteiger charge is 2.47. The van der Waals surface area contributed by atoms with Crippen molar-refractivity contribution in [1.29, 1.82) is 0 Å². The van der Waals surface area contributed by atoms with Crippen molar-refractivity contribution in [1.82, 2.24) is 0 Å². The molecule has 1 aliphatic rings. The number of carboxylic acid groups (broad SMARTS) is 1. The molecule has 154 valence electrons. The Morgan fingerprint density at radius 2 is 1.76 bits per heavy atom. The number of aliphatic carboxylic acids is 1. The lowest BCUT2D eigenvalue weighted by Crippen LogP contribution is -2.43. The van der Waals surface area contributed by atoms with Crippen LogP contribution in [0.3, 0.4) is 0 Å². The van der Waals surface area contributed by atoms with Crippen LogP contribution in [0.2, 0.25) is 0 Å². The van der Waals surface area contributed by atoms with Gasteiger partial charge in [0.2, 0.25) is 0 Å². The Labute approximate surface area is 179 Å². The van der Waals surface area contributed by atoms with Gasteiger partial charge < -0.3 is 14.6 Å². The van der Waals surface area contributed by atoms with Gasteiger partial charge >= 0.3 is 11.9 Å². The van der Waals surface area contributed by atoms with Gasteiger partial charge in [-0.3, -0.25) is 9.59 Å². The van der Waals surface area contributed by atoms with E-state index in [1.807, 2.05) is 61.5 Å². The van der Waals surface area contributed by atoms with Gasteiger partial charge in [-0.15, -0.1) is 0 Å². The highest BCUT2D eigenvalue weighted by atomic mass is 79.9. The Morgan fingerprint density at radius 3 is 2.38 bits per heavy atom. The normalized spacial score (nSPS) is 24.1. The van der Waals surface area contributed by atoms with Gasteiger partial charge in [-0.25, -0.2) is 0 Å². The third-order valence-corrected chi connectivity index (χ3v) is 5.94. The van der Waals surface area contributed by atoms with Crippen molar-refractivity contribution in [3.05, 3.63) is 70.2 Å². The van der Waals surface area contributed by atoms with Crippen molar-refractivity contribution >= 4 is 27.9 Å². The largest absolute Gasteiger partial charge is 0.481 e. The smallest absolute Gasteiger partial charge is 0.310 e. The van der Waals surface area contributed by atoms with Gasteiger partial charge in [0.05, 0.1) is 17.9 Å². The number of halogens is 1. The first kappa shape index (κ1) is 21.5. The molecule has 0 unspecified atom stereocenters. The summed E-state index contributed by atoms with van der Waals surface area (Å²) in [6.07, 6.45) is 0.694. The van der Waals surface area contributed by atoms with Gasteiger partial charge in [0.1, 0.15) is 6.61 Å². The van der Waals surface area contributed by atoms with Crippen LogP contribution in [0.15, 0.2) is 59.1 Å². The molecule has 1 N–H and O–H groups in total. The molecule has 2 aromatic carbocycles. The minimum absolute atomic E-state index is 0.129. The van der Waals surface area contributed by atoms with E-state index >= 15 is 0 Å². The molecule has 0 heterocycles. The minimum Gasteiger partial charge on any atom is -0.481 e. The van der Waals surface area contributed by atoms with Crippen molar-refractivity contribution < 1.29 is 24.2 Å². The summed E-state index contributed by atoms with van der Waals surface area (Å²) in [6, 6.07) is 17.1.